The highest BCUT2D eigenvalue weighted by Gasteiger charge is 2.28. The highest BCUT2D eigenvalue weighted by molar-refractivity contribution is 5.95. The number of hydrogen-bond donors (Lipinski definition) is 1. The van der Waals surface area contributed by atoms with Gasteiger partial charge in [-0.1, -0.05) is 17.9 Å². The van der Waals surface area contributed by atoms with E-state index in [-0.39, 0.29) is 18.1 Å². The predicted molar refractivity (Wildman–Crippen MR) is 83.0 cm³/mol. The third-order valence-electron chi connectivity index (χ3n) is 3.68. The third-order valence-corrected chi connectivity index (χ3v) is 3.68. The minimum Gasteiger partial charge on any atom is -0.375 e. The average molecular weight is 286 g/mol. The monoisotopic (exact) mass is 286 g/mol. The fourth-order valence-electron chi connectivity index (χ4n) is 2.39. The number of morpholine rings is 1. The molecule has 1 aliphatic rings. The molecule has 21 heavy (non-hydrogen) atoms. The maximum absolute atomic E-state index is 12.7. The van der Waals surface area contributed by atoms with Gasteiger partial charge >= 0.3 is 0 Å². The minimum absolute atomic E-state index is 0.0356. The molecule has 2 rings (SSSR count). The summed E-state index contributed by atoms with van der Waals surface area (Å²) >= 11 is 0. The molecule has 1 aliphatic heterocycles. The summed E-state index contributed by atoms with van der Waals surface area (Å²) in [5.74, 6) is 5.90. The van der Waals surface area contributed by atoms with Gasteiger partial charge in [-0.15, -0.1) is 0 Å². The standard InChI is InChI=1S/C17H22N2O2/c1-12-6-7-16(9-15(12)5-4-8-18)17(20)19-10-14(3)21-11-13(19)2/h6-7,9,13-14H,8,10-11,18H2,1-3H3. The number of carbonyl (C=O) groups is 1. The lowest BCUT2D eigenvalue weighted by Gasteiger charge is -2.36. The predicted octanol–water partition coefficient (Wildman–Crippen LogP) is 1.55. The Morgan fingerprint density at radius 3 is 2.95 bits per heavy atom. The number of benzene rings is 1. The molecular weight excluding hydrogens is 264 g/mol. The van der Waals surface area contributed by atoms with E-state index in [0.29, 0.717) is 25.3 Å². The summed E-state index contributed by atoms with van der Waals surface area (Å²) in [6.45, 7) is 7.49. The van der Waals surface area contributed by atoms with Gasteiger partial charge in [0.1, 0.15) is 0 Å². The number of hydrogen-bond acceptors (Lipinski definition) is 3. The van der Waals surface area contributed by atoms with Crippen molar-refractivity contribution in [3.05, 3.63) is 34.9 Å². The van der Waals surface area contributed by atoms with Gasteiger partial charge in [0.05, 0.1) is 25.3 Å². The van der Waals surface area contributed by atoms with Crippen molar-refractivity contribution in [2.45, 2.75) is 32.9 Å². The smallest absolute Gasteiger partial charge is 0.254 e. The Morgan fingerprint density at radius 2 is 2.24 bits per heavy atom. The van der Waals surface area contributed by atoms with E-state index in [1.165, 1.54) is 0 Å². The molecular formula is C17H22N2O2. The van der Waals surface area contributed by atoms with Crippen molar-refractivity contribution in [3.8, 4) is 11.8 Å². The zero-order chi connectivity index (χ0) is 15.4. The van der Waals surface area contributed by atoms with Crippen LogP contribution < -0.4 is 5.73 Å². The molecule has 0 spiro atoms. The van der Waals surface area contributed by atoms with Gasteiger partial charge in [0.25, 0.3) is 5.91 Å². The van der Waals surface area contributed by atoms with E-state index >= 15 is 0 Å². The van der Waals surface area contributed by atoms with Gasteiger partial charge < -0.3 is 15.4 Å². The molecule has 0 bridgehead atoms. The highest BCUT2D eigenvalue weighted by atomic mass is 16.5. The molecule has 1 fully saturated rings. The second-order valence-electron chi connectivity index (χ2n) is 5.49. The van der Waals surface area contributed by atoms with Gasteiger partial charge in [-0.2, -0.15) is 0 Å². The Balaban J connectivity index is 2.26. The first-order valence-corrected chi connectivity index (χ1v) is 7.25. The van der Waals surface area contributed by atoms with Crippen LogP contribution in [0, 0.1) is 18.8 Å². The molecule has 2 N–H and O–H groups in total. The summed E-state index contributed by atoms with van der Waals surface area (Å²) in [6.07, 6.45) is 0.0760. The fraction of sp³-hybridized carbons (Fsp3) is 0.471. The summed E-state index contributed by atoms with van der Waals surface area (Å²) in [5, 5.41) is 0. The fourth-order valence-corrected chi connectivity index (χ4v) is 2.39. The largest absolute Gasteiger partial charge is 0.375 e. The molecule has 0 saturated carbocycles. The second-order valence-corrected chi connectivity index (χ2v) is 5.49. The minimum atomic E-state index is 0.0356. The van der Waals surface area contributed by atoms with Crippen LogP contribution >= 0.6 is 0 Å². The first-order chi connectivity index (χ1) is 10.0. The van der Waals surface area contributed by atoms with Crippen LogP contribution in [0.4, 0.5) is 0 Å². The number of amides is 1. The van der Waals surface area contributed by atoms with Crippen molar-refractivity contribution in [1.29, 1.82) is 0 Å². The van der Waals surface area contributed by atoms with Crippen molar-refractivity contribution in [3.63, 3.8) is 0 Å². The molecule has 1 heterocycles. The van der Waals surface area contributed by atoms with E-state index in [2.05, 4.69) is 11.8 Å². The maximum atomic E-state index is 12.7. The zero-order valence-electron chi connectivity index (χ0n) is 12.8. The molecule has 2 unspecified atom stereocenters. The summed E-state index contributed by atoms with van der Waals surface area (Å²) in [6, 6.07) is 5.74. The first-order valence-electron chi connectivity index (χ1n) is 7.25. The molecule has 0 radical (unpaired) electrons. The molecule has 0 aromatic heterocycles. The van der Waals surface area contributed by atoms with Crippen LogP contribution in [-0.2, 0) is 4.74 Å². The van der Waals surface area contributed by atoms with Crippen LogP contribution in [-0.4, -0.2) is 42.6 Å². The van der Waals surface area contributed by atoms with E-state index in [0.717, 1.165) is 11.1 Å². The zero-order valence-corrected chi connectivity index (χ0v) is 12.8. The lowest BCUT2D eigenvalue weighted by molar-refractivity contribution is -0.0387. The van der Waals surface area contributed by atoms with E-state index in [1.807, 2.05) is 43.9 Å². The number of carbonyl (C=O) groups excluding carboxylic acids is 1. The molecule has 1 saturated heterocycles. The van der Waals surface area contributed by atoms with Crippen LogP contribution in [0.1, 0.15) is 35.3 Å². The molecule has 112 valence electrons. The van der Waals surface area contributed by atoms with Crippen LogP contribution in [0.25, 0.3) is 0 Å². The van der Waals surface area contributed by atoms with Crippen molar-refractivity contribution >= 4 is 5.91 Å². The van der Waals surface area contributed by atoms with E-state index in [9.17, 15) is 4.79 Å². The average Bonchev–Trinajstić information content (AvgIpc) is 2.48. The lowest BCUT2D eigenvalue weighted by Crippen LogP contribution is -2.50. The number of aryl methyl sites for hydroxylation is 1. The van der Waals surface area contributed by atoms with Crippen LogP contribution in [0.2, 0.25) is 0 Å². The molecule has 1 amide bonds. The molecule has 1 aromatic rings. The molecule has 0 aliphatic carbocycles. The maximum Gasteiger partial charge on any atom is 0.254 e. The quantitative estimate of drug-likeness (QED) is 0.797. The van der Waals surface area contributed by atoms with E-state index < -0.39 is 0 Å². The number of ether oxygens (including phenoxy) is 1. The van der Waals surface area contributed by atoms with Gasteiger partial charge in [-0.05, 0) is 38.5 Å². The number of nitrogens with zero attached hydrogens (tertiary/aromatic N) is 1. The van der Waals surface area contributed by atoms with E-state index in [4.69, 9.17) is 10.5 Å². The molecule has 2 atom stereocenters. The Bertz CT molecular complexity index is 586. The summed E-state index contributed by atoms with van der Waals surface area (Å²) < 4.78 is 5.57. The normalized spacial score (nSPS) is 21.6. The SMILES string of the molecule is Cc1ccc(C(=O)N2CC(C)OCC2C)cc1C#CCN. The molecule has 4 nitrogen and oxygen atoms in total. The van der Waals surface area contributed by atoms with Crippen molar-refractivity contribution in [1.82, 2.24) is 4.90 Å². The number of rotatable bonds is 1. The van der Waals surface area contributed by atoms with E-state index in [1.54, 1.807) is 0 Å². The Hall–Kier alpha value is -1.83. The van der Waals surface area contributed by atoms with Crippen molar-refractivity contribution in [2.24, 2.45) is 5.73 Å². The van der Waals surface area contributed by atoms with Crippen LogP contribution in [0.5, 0.6) is 0 Å². The van der Waals surface area contributed by atoms with Gasteiger partial charge in [0, 0.05) is 17.7 Å². The summed E-state index contributed by atoms with van der Waals surface area (Å²) in [5.41, 5.74) is 7.99. The second kappa shape index (κ2) is 6.75. The Kier molecular flexibility index (Phi) is 5.00. The highest BCUT2D eigenvalue weighted by Crippen LogP contribution is 2.17. The van der Waals surface area contributed by atoms with Crippen molar-refractivity contribution in [2.75, 3.05) is 19.7 Å². The van der Waals surface area contributed by atoms with Gasteiger partial charge in [0.2, 0.25) is 0 Å². The molecule has 4 heteroatoms. The van der Waals surface area contributed by atoms with Crippen molar-refractivity contribution < 1.29 is 9.53 Å². The summed E-state index contributed by atoms with van der Waals surface area (Å²) in [4.78, 5) is 14.6. The topological polar surface area (TPSA) is 55.6 Å². The molecule has 1 aromatic carbocycles. The first kappa shape index (κ1) is 15.6. The summed E-state index contributed by atoms with van der Waals surface area (Å²) in [7, 11) is 0. The van der Waals surface area contributed by atoms with Gasteiger partial charge in [-0.3, -0.25) is 4.79 Å². The number of nitrogens with two attached hydrogens (primary N) is 1. The van der Waals surface area contributed by atoms with Crippen LogP contribution in [0.3, 0.4) is 0 Å². The van der Waals surface area contributed by atoms with Crippen LogP contribution in [0.15, 0.2) is 18.2 Å². The Morgan fingerprint density at radius 1 is 1.48 bits per heavy atom. The van der Waals surface area contributed by atoms with Gasteiger partial charge in [0.15, 0.2) is 0 Å². The Labute approximate surface area is 126 Å². The third kappa shape index (κ3) is 3.63. The lowest BCUT2D eigenvalue weighted by atomic mass is 10.0. The van der Waals surface area contributed by atoms with Gasteiger partial charge in [-0.25, -0.2) is 0 Å².